The van der Waals surface area contributed by atoms with Crippen molar-refractivity contribution in [3.05, 3.63) is 71.8 Å². The molecule has 2 saturated heterocycles. The van der Waals surface area contributed by atoms with Gasteiger partial charge in [-0.05, 0) is 42.7 Å². The van der Waals surface area contributed by atoms with Crippen LogP contribution >= 0.6 is 0 Å². The lowest BCUT2D eigenvalue weighted by atomic mass is 9.91. The molecule has 2 aliphatic heterocycles. The first-order valence-corrected chi connectivity index (χ1v) is 13.6. The van der Waals surface area contributed by atoms with Gasteiger partial charge in [0.2, 0.25) is 0 Å². The number of methoxy groups -OCH3 is 1. The van der Waals surface area contributed by atoms with Crippen LogP contribution in [0.3, 0.4) is 0 Å². The molecule has 2 aromatic rings. The van der Waals surface area contributed by atoms with Crippen LogP contribution in [-0.4, -0.2) is 72.7 Å². The van der Waals surface area contributed by atoms with Gasteiger partial charge in [0.1, 0.15) is 0 Å². The number of hydrogen-bond acceptors (Lipinski definition) is 4. The molecule has 0 radical (unpaired) electrons. The molecule has 5 nitrogen and oxygen atoms in total. The van der Waals surface area contributed by atoms with Gasteiger partial charge in [-0.3, -0.25) is 9.80 Å². The molecule has 1 aliphatic carbocycles. The van der Waals surface area contributed by atoms with Crippen LogP contribution in [0.15, 0.2) is 60.7 Å². The summed E-state index contributed by atoms with van der Waals surface area (Å²) in [6.45, 7) is 6.18. The largest absolute Gasteiger partial charge is 0.453 e. The number of carbonyl (C=O) groups is 1. The summed E-state index contributed by atoms with van der Waals surface area (Å²) in [7, 11) is 1.53. The molecular formula is C30H41N3O2. The Hall–Kier alpha value is -2.37. The molecule has 5 heteroatoms. The fraction of sp³-hybridized carbons (Fsp3) is 0.567. The molecule has 2 aromatic carbocycles. The summed E-state index contributed by atoms with van der Waals surface area (Å²) in [5, 5.41) is 0. The van der Waals surface area contributed by atoms with E-state index in [9.17, 15) is 4.79 Å². The highest BCUT2D eigenvalue weighted by Crippen LogP contribution is 2.35. The van der Waals surface area contributed by atoms with Crippen LogP contribution in [0.5, 0.6) is 0 Å². The number of carbonyl (C=O) groups excluding carboxylic acids is 1. The summed E-state index contributed by atoms with van der Waals surface area (Å²) in [5.74, 6) is 1.17. The van der Waals surface area contributed by atoms with Crippen molar-refractivity contribution < 1.29 is 9.53 Å². The van der Waals surface area contributed by atoms with Crippen LogP contribution < -0.4 is 0 Å². The van der Waals surface area contributed by atoms with Crippen LogP contribution in [0.2, 0.25) is 0 Å². The van der Waals surface area contributed by atoms with Crippen molar-refractivity contribution in [3.63, 3.8) is 0 Å². The number of likely N-dealkylation sites (tertiary alicyclic amines) is 2. The first-order chi connectivity index (χ1) is 17.2. The minimum Gasteiger partial charge on any atom is -0.453 e. The van der Waals surface area contributed by atoms with E-state index in [0.717, 1.165) is 52.1 Å². The fourth-order valence-corrected chi connectivity index (χ4v) is 6.72. The topological polar surface area (TPSA) is 36.0 Å². The van der Waals surface area contributed by atoms with Gasteiger partial charge in [-0.15, -0.1) is 0 Å². The molecular weight excluding hydrogens is 434 g/mol. The van der Waals surface area contributed by atoms with Crippen molar-refractivity contribution >= 4 is 6.09 Å². The molecule has 35 heavy (non-hydrogen) atoms. The van der Waals surface area contributed by atoms with E-state index in [-0.39, 0.29) is 6.09 Å². The number of nitrogens with zero attached hydrogens (tertiary/aromatic N) is 3. The van der Waals surface area contributed by atoms with E-state index < -0.39 is 0 Å². The number of hydrogen-bond donors (Lipinski definition) is 0. The average molecular weight is 476 g/mol. The summed E-state index contributed by atoms with van der Waals surface area (Å²) < 4.78 is 5.21. The molecule has 3 aliphatic rings. The second-order valence-electron chi connectivity index (χ2n) is 10.8. The van der Waals surface area contributed by atoms with Gasteiger partial charge in [0, 0.05) is 57.3 Å². The zero-order chi connectivity index (χ0) is 24.0. The zero-order valence-electron chi connectivity index (χ0n) is 21.2. The number of benzene rings is 2. The summed E-state index contributed by atoms with van der Waals surface area (Å²) >= 11 is 0. The van der Waals surface area contributed by atoms with Gasteiger partial charge < -0.3 is 9.64 Å². The van der Waals surface area contributed by atoms with E-state index in [1.807, 2.05) is 0 Å². The van der Waals surface area contributed by atoms with Gasteiger partial charge in [0.15, 0.2) is 0 Å². The van der Waals surface area contributed by atoms with Crippen LogP contribution in [0.1, 0.15) is 55.6 Å². The molecule has 5 rings (SSSR count). The van der Waals surface area contributed by atoms with Crippen LogP contribution in [0, 0.1) is 5.92 Å². The minimum absolute atomic E-state index is 0.132. The third-order valence-electron chi connectivity index (χ3n) is 8.59. The maximum atomic E-state index is 12.7. The van der Waals surface area contributed by atoms with Crippen molar-refractivity contribution in [2.24, 2.45) is 5.92 Å². The van der Waals surface area contributed by atoms with Gasteiger partial charge in [-0.1, -0.05) is 73.5 Å². The summed E-state index contributed by atoms with van der Waals surface area (Å²) in [6, 6.07) is 22.7. The van der Waals surface area contributed by atoms with Crippen molar-refractivity contribution in [1.29, 1.82) is 0 Å². The van der Waals surface area contributed by atoms with E-state index >= 15 is 0 Å². The monoisotopic (exact) mass is 475 g/mol. The number of piperidine rings is 1. The molecule has 0 unspecified atom stereocenters. The van der Waals surface area contributed by atoms with Crippen molar-refractivity contribution in [2.45, 2.75) is 63.1 Å². The SMILES string of the molecule is COC(=O)N(CC1CCCC1)C1CCN([C@H]2CN(Cc3ccccc3)C[C@@H]2c2ccccc2)CC1. The molecule has 188 valence electrons. The molecule has 0 bridgehead atoms. The van der Waals surface area contributed by atoms with Crippen molar-refractivity contribution in [1.82, 2.24) is 14.7 Å². The van der Waals surface area contributed by atoms with E-state index in [1.165, 1.54) is 43.9 Å². The predicted octanol–water partition coefficient (Wildman–Crippen LogP) is 5.38. The second-order valence-corrected chi connectivity index (χ2v) is 10.8. The molecule has 0 aromatic heterocycles. The van der Waals surface area contributed by atoms with E-state index in [0.29, 0.717) is 23.9 Å². The van der Waals surface area contributed by atoms with Crippen molar-refractivity contribution in [2.75, 3.05) is 39.8 Å². The third-order valence-corrected chi connectivity index (χ3v) is 8.59. The lowest BCUT2D eigenvalue weighted by Crippen LogP contribution is -2.52. The highest BCUT2D eigenvalue weighted by atomic mass is 16.5. The number of amides is 1. The molecule has 3 fully saturated rings. The van der Waals surface area contributed by atoms with Gasteiger partial charge in [0.25, 0.3) is 0 Å². The molecule has 0 N–H and O–H groups in total. The van der Waals surface area contributed by atoms with E-state index in [4.69, 9.17) is 4.74 Å². The van der Waals surface area contributed by atoms with E-state index in [1.54, 1.807) is 0 Å². The maximum Gasteiger partial charge on any atom is 0.409 e. The molecule has 0 spiro atoms. The Morgan fingerprint density at radius 2 is 1.57 bits per heavy atom. The van der Waals surface area contributed by atoms with Crippen LogP contribution in [-0.2, 0) is 11.3 Å². The van der Waals surface area contributed by atoms with Gasteiger partial charge in [-0.25, -0.2) is 4.79 Å². The van der Waals surface area contributed by atoms with Crippen LogP contribution in [0.25, 0.3) is 0 Å². The Morgan fingerprint density at radius 3 is 2.23 bits per heavy atom. The standard InChI is InChI=1S/C30H41N3O2/c1-35-30(34)33(21-25-12-8-9-13-25)27-16-18-32(19-17-27)29-23-31(20-24-10-4-2-5-11-24)22-28(29)26-14-6-3-7-15-26/h2-7,10-11,14-15,25,27-29H,8-9,12-13,16-23H2,1H3/t28-,29+/m1/s1. The Kier molecular flexibility index (Phi) is 8.05. The molecule has 1 saturated carbocycles. The highest BCUT2D eigenvalue weighted by molar-refractivity contribution is 5.67. The van der Waals surface area contributed by atoms with Crippen molar-refractivity contribution in [3.8, 4) is 0 Å². The average Bonchev–Trinajstić information content (AvgIpc) is 3.58. The van der Waals surface area contributed by atoms with Gasteiger partial charge in [0.05, 0.1) is 7.11 Å². The minimum atomic E-state index is -0.132. The number of rotatable bonds is 7. The van der Waals surface area contributed by atoms with E-state index in [2.05, 4.69) is 75.4 Å². The highest BCUT2D eigenvalue weighted by Gasteiger charge is 2.40. The van der Waals surface area contributed by atoms with Gasteiger partial charge >= 0.3 is 6.09 Å². The lowest BCUT2D eigenvalue weighted by Gasteiger charge is -2.42. The summed E-state index contributed by atoms with van der Waals surface area (Å²) in [5.41, 5.74) is 2.84. The smallest absolute Gasteiger partial charge is 0.409 e. The lowest BCUT2D eigenvalue weighted by molar-refractivity contribution is 0.0582. The fourth-order valence-electron chi connectivity index (χ4n) is 6.72. The Balaban J connectivity index is 1.25. The normalized spacial score (nSPS) is 24.6. The zero-order valence-corrected chi connectivity index (χ0v) is 21.2. The first kappa shape index (κ1) is 24.3. The summed E-state index contributed by atoms with van der Waals surface area (Å²) in [6.07, 6.45) is 7.07. The third kappa shape index (κ3) is 5.90. The number of ether oxygens (including phenoxy) is 1. The van der Waals surface area contributed by atoms with Crippen LogP contribution in [0.4, 0.5) is 4.79 Å². The first-order valence-electron chi connectivity index (χ1n) is 13.6. The second kappa shape index (κ2) is 11.6. The Morgan fingerprint density at radius 1 is 0.914 bits per heavy atom. The summed E-state index contributed by atoms with van der Waals surface area (Å²) in [4.78, 5) is 20.1. The maximum absolute atomic E-state index is 12.7. The Bertz CT molecular complexity index is 923. The quantitative estimate of drug-likeness (QED) is 0.539. The predicted molar refractivity (Wildman–Crippen MR) is 140 cm³/mol. The Labute approximate surface area is 211 Å². The molecule has 2 atom stereocenters. The molecule has 2 heterocycles. The van der Waals surface area contributed by atoms with Gasteiger partial charge in [-0.2, -0.15) is 0 Å². The molecule has 1 amide bonds.